The van der Waals surface area contributed by atoms with E-state index in [4.69, 9.17) is 14.0 Å². The highest BCUT2D eigenvalue weighted by molar-refractivity contribution is 5.78. The lowest BCUT2D eigenvalue weighted by atomic mass is 10.2. The van der Waals surface area contributed by atoms with Gasteiger partial charge in [0.15, 0.2) is 0 Å². The van der Waals surface area contributed by atoms with Crippen LogP contribution in [0, 0.1) is 5.82 Å². The number of carbonyl (C=O) groups is 1. The van der Waals surface area contributed by atoms with Crippen LogP contribution >= 0.6 is 0 Å². The summed E-state index contributed by atoms with van der Waals surface area (Å²) in [5, 5.41) is 6.93. The molecular formula is C24H28FN5O4. The van der Waals surface area contributed by atoms with E-state index in [2.05, 4.69) is 25.3 Å². The van der Waals surface area contributed by atoms with Crippen LogP contribution in [0.5, 0.6) is 11.5 Å². The summed E-state index contributed by atoms with van der Waals surface area (Å²) in [5.41, 5.74) is 0.870. The molecule has 1 fully saturated rings. The number of benzene rings is 2. The van der Waals surface area contributed by atoms with Crippen molar-refractivity contribution in [1.29, 1.82) is 0 Å². The molecule has 34 heavy (non-hydrogen) atoms. The second-order valence-corrected chi connectivity index (χ2v) is 7.94. The summed E-state index contributed by atoms with van der Waals surface area (Å²) in [6, 6.07) is 13.3. The van der Waals surface area contributed by atoms with Crippen molar-refractivity contribution < 1.29 is 23.2 Å². The summed E-state index contributed by atoms with van der Waals surface area (Å²) in [5.74, 6) is 2.12. The molecule has 1 aliphatic heterocycles. The number of methoxy groups -OCH3 is 1. The standard InChI is InChI=1S/C24H28FN5O4/c1-32-20-6-2-18(3-7-20)24-27-23(34-28-24)17-30-13-11-29(12-14-30)16-22(31)26-10-15-33-21-8-4-19(25)5-9-21/h2-9H,10-17H2,1H3,(H,26,31). The second-order valence-electron chi connectivity index (χ2n) is 7.94. The maximum absolute atomic E-state index is 12.9. The van der Waals surface area contributed by atoms with Gasteiger partial charge in [0.2, 0.25) is 17.6 Å². The minimum Gasteiger partial charge on any atom is -0.497 e. The van der Waals surface area contributed by atoms with Gasteiger partial charge in [0, 0.05) is 31.7 Å². The van der Waals surface area contributed by atoms with Crippen molar-refractivity contribution in [3.8, 4) is 22.9 Å². The lowest BCUT2D eigenvalue weighted by Crippen LogP contribution is -2.49. The average molecular weight is 470 g/mol. The van der Waals surface area contributed by atoms with Gasteiger partial charge in [-0.15, -0.1) is 0 Å². The van der Waals surface area contributed by atoms with Crippen LogP contribution in [0.4, 0.5) is 4.39 Å². The number of ether oxygens (including phenoxy) is 2. The fourth-order valence-electron chi connectivity index (χ4n) is 3.62. The van der Waals surface area contributed by atoms with E-state index in [-0.39, 0.29) is 11.7 Å². The van der Waals surface area contributed by atoms with E-state index < -0.39 is 0 Å². The minimum absolute atomic E-state index is 0.0443. The number of aromatic nitrogens is 2. The topological polar surface area (TPSA) is 93.0 Å². The lowest BCUT2D eigenvalue weighted by Gasteiger charge is -2.33. The smallest absolute Gasteiger partial charge is 0.241 e. The van der Waals surface area contributed by atoms with Crippen LogP contribution in [-0.2, 0) is 11.3 Å². The molecule has 0 saturated carbocycles. The Labute approximate surface area is 197 Å². The molecular weight excluding hydrogens is 441 g/mol. The van der Waals surface area contributed by atoms with Crippen LogP contribution in [0.15, 0.2) is 53.1 Å². The molecule has 1 amide bonds. The van der Waals surface area contributed by atoms with Crippen molar-refractivity contribution >= 4 is 5.91 Å². The number of rotatable bonds is 10. The third-order valence-corrected chi connectivity index (χ3v) is 5.51. The van der Waals surface area contributed by atoms with Crippen LogP contribution in [0.3, 0.4) is 0 Å². The molecule has 1 saturated heterocycles. The van der Waals surface area contributed by atoms with E-state index >= 15 is 0 Å². The van der Waals surface area contributed by atoms with Gasteiger partial charge in [-0.2, -0.15) is 4.98 Å². The summed E-state index contributed by atoms with van der Waals surface area (Å²) >= 11 is 0. The fourth-order valence-corrected chi connectivity index (χ4v) is 3.62. The maximum Gasteiger partial charge on any atom is 0.241 e. The van der Waals surface area contributed by atoms with Gasteiger partial charge in [0.25, 0.3) is 0 Å². The first-order valence-electron chi connectivity index (χ1n) is 11.2. The molecule has 0 unspecified atom stereocenters. The van der Waals surface area contributed by atoms with Crippen molar-refractivity contribution in [2.75, 3.05) is 53.0 Å². The van der Waals surface area contributed by atoms with E-state index in [0.29, 0.717) is 43.7 Å². The Bertz CT molecular complexity index is 1050. The number of amides is 1. The molecule has 0 radical (unpaired) electrons. The molecule has 4 rings (SSSR count). The highest BCUT2D eigenvalue weighted by atomic mass is 19.1. The highest BCUT2D eigenvalue weighted by Crippen LogP contribution is 2.20. The zero-order chi connectivity index (χ0) is 23.8. The predicted octanol–water partition coefficient (Wildman–Crippen LogP) is 2.20. The summed E-state index contributed by atoms with van der Waals surface area (Å²) in [6.07, 6.45) is 0. The van der Waals surface area contributed by atoms with Gasteiger partial charge in [0.1, 0.15) is 23.9 Å². The fraction of sp³-hybridized carbons (Fsp3) is 0.375. The van der Waals surface area contributed by atoms with Crippen molar-refractivity contribution in [2.24, 2.45) is 0 Å². The molecule has 2 heterocycles. The maximum atomic E-state index is 12.9. The van der Waals surface area contributed by atoms with Crippen LogP contribution in [0.2, 0.25) is 0 Å². The van der Waals surface area contributed by atoms with E-state index in [1.54, 1.807) is 19.2 Å². The Hall–Kier alpha value is -3.50. The molecule has 1 N–H and O–H groups in total. The summed E-state index contributed by atoms with van der Waals surface area (Å²) in [7, 11) is 1.63. The number of nitrogens with one attached hydrogen (secondary N) is 1. The summed E-state index contributed by atoms with van der Waals surface area (Å²) < 4.78 is 29.0. The SMILES string of the molecule is COc1ccc(-c2noc(CN3CCN(CC(=O)NCCOc4ccc(F)cc4)CC3)n2)cc1. The van der Waals surface area contributed by atoms with E-state index in [1.165, 1.54) is 12.1 Å². The van der Waals surface area contributed by atoms with Crippen molar-refractivity contribution in [2.45, 2.75) is 6.54 Å². The third-order valence-electron chi connectivity index (χ3n) is 5.51. The van der Waals surface area contributed by atoms with Crippen LogP contribution in [0.25, 0.3) is 11.4 Å². The zero-order valence-electron chi connectivity index (χ0n) is 19.1. The number of nitrogens with zero attached hydrogens (tertiary/aromatic N) is 4. The molecule has 0 spiro atoms. The minimum atomic E-state index is -0.309. The molecule has 0 aliphatic carbocycles. The van der Waals surface area contributed by atoms with Gasteiger partial charge >= 0.3 is 0 Å². The number of carbonyl (C=O) groups excluding carboxylic acids is 1. The molecule has 1 aliphatic rings. The third kappa shape index (κ3) is 6.75. The molecule has 180 valence electrons. The van der Waals surface area contributed by atoms with Crippen molar-refractivity contribution in [1.82, 2.24) is 25.3 Å². The molecule has 0 bridgehead atoms. The van der Waals surface area contributed by atoms with Gasteiger partial charge in [0.05, 0.1) is 26.7 Å². The summed E-state index contributed by atoms with van der Waals surface area (Å²) in [6.45, 7) is 4.80. The van der Waals surface area contributed by atoms with Gasteiger partial charge in [-0.3, -0.25) is 14.6 Å². The van der Waals surface area contributed by atoms with Gasteiger partial charge in [-0.25, -0.2) is 4.39 Å². The predicted molar refractivity (Wildman–Crippen MR) is 123 cm³/mol. The Morgan fingerprint density at radius 2 is 1.71 bits per heavy atom. The van der Waals surface area contributed by atoms with E-state index in [0.717, 1.165) is 37.5 Å². The van der Waals surface area contributed by atoms with Crippen molar-refractivity contribution in [3.05, 3.63) is 60.2 Å². The molecule has 0 atom stereocenters. The van der Waals surface area contributed by atoms with Crippen molar-refractivity contribution in [3.63, 3.8) is 0 Å². The normalized spacial score (nSPS) is 14.6. The molecule has 3 aromatic rings. The number of hydrogen-bond acceptors (Lipinski definition) is 8. The number of hydrogen-bond donors (Lipinski definition) is 1. The number of halogens is 1. The van der Waals surface area contributed by atoms with E-state index in [9.17, 15) is 9.18 Å². The molecule has 9 nitrogen and oxygen atoms in total. The largest absolute Gasteiger partial charge is 0.497 e. The Kier molecular flexibility index (Phi) is 8.05. The van der Waals surface area contributed by atoms with Gasteiger partial charge in [-0.1, -0.05) is 5.16 Å². The first-order valence-corrected chi connectivity index (χ1v) is 11.2. The first kappa shape index (κ1) is 23.7. The Morgan fingerprint density at radius 3 is 2.41 bits per heavy atom. The van der Waals surface area contributed by atoms with Crippen LogP contribution in [-0.4, -0.2) is 78.8 Å². The van der Waals surface area contributed by atoms with Crippen LogP contribution in [0.1, 0.15) is 5.89 Å². The quantitative estimate of drug-likeness (QED) is 0.452. The second kappa shape index (κ2) is 11.6. The Morgan fingerprint density at radius 1 is 1.03 bits per heavy atom. The molecule has 10 heteroatoms. The summed E-state index contributed by atoms with van der Waals surface area (Å²) in [4.78, 5) is 21.0. The monoisotopic (exact) mass is 469 g/mol. The van der Waals surface area contributed by atoms with E-state index in [1.807, 2.05) is 24.3 Å². The average Bonchev–Trinajstić information content (AvgIpc) is 3.33. The lowest BCUT2D eigenvalue weighted by molar-refractivity contribution is -0.122. The zero-order valence-corrected chi connectivity index (χ0v) is 19.1. The first-order chi connectivity index (χ1) is 16.6. The molecule has 1 aromatic heterocycles. The Balaban J connectivity index is 1.13. The van der Waals surface area contributed by atoms with Crippen LogP contribution < -0.4 is 14.8 Å². The van der Waals surface area contributed by atoms with Gasteiger partial charge < -0.3 is 19.3 Å². The number of piperazine rings is 1. The van der Waals surface area contributed by atoms with Gasteiger partial charge in [-0.05, 0) is 48.5 Å². The highest BCUT2D eigenvalue weighted by Gasteiger charge is 2.21. The molecule has 2 aromatic carbocycles.